The molecule has 0 fully saturated rings. The Morgan fingerprint density at radius 2 is 1.83 bits per heavy atom. The Morgan fingerprint density at radius 1 is 1.00 bits per heavy atom. The first kappa shape index (κ1) is 20.2. The van der Waals surface area contributed by atoms with Crippen molar-refractivity contribution in [3.05, 3.63) is 89.5 Å². The summed E-state index contributed by atoms with van der Waals surface area (Å²) in [6.07, 6.45) is 0.512. The molecule has 0 aliphatic carbocycles. The molecule has 3 rings (SSSR count). The normalized spacial score (nSPS) is 11.8. The zero-order chi connectivity index (χ0) is 20.8. The summed E-state index contributed by atoms with van der Waals surface area (Å²) < 4.78 is 53.8. The Morgan fingerprint density at radius 3 is 2.48 bits per heavy atom. The van der Waals surface area contributed by atoms with E-state index in [-0.39, 0.29) is 17.1 Å². The van der Waals surface area contributed by atoms with Crippen LogP contribution in [0.5, 0.6) is 11.5 Å². The highest BCUT2D eigenvalue weighted by Crippen LogP contribution is 2.31. The van der Waals surface area contributed by atoms with E-state index in [2.05, 4.69) is 9.72 Å². The van der Waals surface area contributed by atoms with Crippen molar-refractivity contribution in [3.63, 3.8) is 0 Å². The van der Waals surface area contributed by atoms with Gasteiger partial charge in [-0.3, -0.25) is 4.98 Å². The van der Waals surface area contributed by atoms with Crippen molar-refractivity contribution in [2.45, 2.75) is 12.7 Å². The van der Waals surface area contributed by atoms with Crippen LogP contribution >= 0.6 is 0 Å². The van der Waals surface area contributed by atoms with Crippen molar-refractivity contribution in [2.24, 2.45) is 0 Å². The first-order valence-electron chi connectivity index (χ1n) is 8.48. The highest BCUT2D eigenvalue weighted by atomic mass is 19.3. The monoisotopic (exact) mass is 403 g/mol. The standard InChI is InChI=1S/C21H16F3NO4/c1-27-17-9-8-14(12-18(17)28-21(23)24)20(26)29-19(16-7-2-3-10-25-16)13-5-4-6-15(22)11-13/h2-12,19,21H,1H3. The average molecular weight is 403 g/mol. The van der Waals surface area contributed by atoms with E-state index in [0.717, 1.165) is 6.07 Å². The molecule has 1 atom stereocenters. The van der Waals surface area contributed by atoms with Gasteiger partial charge in [0, 0.05) is 11.8 Å². The third-order valence-electron chi connectivity index (χ3n) is 3.95. The van der Waals surface area contributed by atoms with Gasteiger partial charge < -0.3 is 14.2 Å². The number of pyridine rings is 1. The van der Waals surface area contributed by atoms with E-state index in [9.17, 15) is 18.0 Å². The third-order valence-corrected chi connectivity index (χ3v) is 3.95. The molecule has 0 radical (unpaired) electrons. The molecule has 0 saturated carbocycles. The topological polar surface area (TPSA) is 57.7 Å². The van der Waals surface area contributed by atoms with Crippen molar-refractivity contribution in [1.29, 1.82) is 0 Å². The molecule has 3 aromatic rings. The fourth-order valence-electron chi connectivity index (χ4n) is 2.67. The molecule has 0 saturated heterocycles. The van der Waals surface area contributed by atoms with Gasteiger partial charge in [0.2, 0.25) is 0 Å². The summed E-state index contributed by atoms with van der Waals surface area (Å²) in [4.78, 5) is 16.9. The molecule has 5 nitrogen and oxygen atoms in total. The second-order valence-corrected chi connectivity index (χ2v) is 5.84. The number of carbonyl (C=O) groups is 1. The van der Waals surface area contributed by atoms with E-state index < -0.39 is 24.5 Å². The lowest BCUT2D eigenvalue weighted by molar-refractivity contribution is -0.0513. The van der Waals surface area contributed by atoms with Gasteiger partial charge in [-0.1, -0.05) is 18.2 Å². The van der Waals surface area contributed by atoms with Crippen LogP contribution in [0.25, 0.3) is 0 Å². The van der Waals surface area contributed by atoms with E-state index >= 15 is 0 Å². The minimum Gasteiger partial charge on any atom is -0.493 e. The molecule has 1 unspecified atom stereocenters. The number of ether oxygens (including phenoxy) is 3. The summed E-state index contributed by atoms with van der Waals surface area (Å²) in [5.74, 6) is -1.60. The number of nitrogens with zero attached hydrogens (tertiary/aromatic N) is 1. The number of benzene rings is 2. The van der Waals surface area contributed by atoms with Crippen LogP contribution in [0, 0.1) is 5.82 Å². The Kier molecular flexibility index (Phi) is 6.33. The molecular formula is C21H16F3NO4. The van der Waals surface area contributed by atoms with Crippen LogP contribution < -0.4 is 9.47 Å². The third kappa shape index (κ3) is 5.04. The molecule has 1 heterocycles. The van der Waals surface area contributed by atoms with Gasteiger partial charge in [0.25, 0.3) is 0 Å². The summed E-state index contributed by atoms with van der Waals surface area (Å²) in [6, 6.07) is 14.3. The first-order chi connectivity index (χ1) is 14.0. The predicted octanol–water partition coefficient (Wildman–Crippen LogP) is 4.78. The second-order valence-electron chi connectivity index (χ2n) is 5.84. The van der Waals surface area contributed by atoms with Crippen molar-refractivity contribution in [2.75, 3.05) is 7.11 Å². The maximum Gasteiger partial charge on any atom is 0.387 e. The van der Waals surface area contributed by atoms with Crippen molar-refractivity contribution in [1.82, 2.24) is 4.98 Å². The van der Waals surface area contributed by atoms with E-state index in [1.807, 2.05) is 0 Å². The van der Waals surface area contributed by atoms with Crippen molar-refractivity contribution < 1.29 is 32.2 Å². The van der Waals surface area contributed by atoms with Crippen molar-refractivity contribution in [3.8, 4) is 11.5 Å². The summed E-state index contributed by atoms with van der Waals surface area (Å²) in [5.41, 5.74) is 0.706. The van der Waals surface area contributed by atoms with E-state index in [0.29, 0.717) is 11.3 Å². The SMILES string of the molecule is COc1ccc(C(=O)OC(c2cccc(F)c2)c2ccccn2)cc1OC(F)F. The van der Waals surface area contributed by atoms with E-state index in [1.54, 1.807) is 24.3 Å². The van der Waals surface area contributed by atoms with Crippen molar-refractivity contribution >= 4 is 5.97 Å². The maximum absolute atomic E-state index is 13.7. The van der Waals surface area contributed by atoms with Crippen LogP contribution in [0.1, 0.15) is 27.7 Å². The zero-order valence-corrected chi connectivity index (χ0v) is 15.2. The van der Waals surface area contributed by atoms with Crippen LogP contribution in [-0.2, 0) is 4.74 Å². The highest BCUT2D eigenvalue weighted by molar-refractivity contribution is 5.90. The predicted molar refractivity (Wildman–Crippen MR) is 97.5 cm³/mol. The number of hydrogen-bond acceptors (Lipinski definition) is 5. The van der Waals surface area contributed by atoms with Gasteiger partial charge in [-0.25, -0.2) is 9.18 Å². The average Bonchev–Trinajstić information content (AvgIpc) is 2.72. The summed E-state index contributed by atoms with van der Waals surface area (Å²) in [5, 5.41) is 0. The molecule has 150 valence electrons. The fraction of sp³-hybridized carbons (Fsp3) is 0.143. The minimum atomic E-state index is -3.09. The molecule has 0 aliphatic rings. The fourth-order valence-corrected chi connectivity index (χ4v) is 2.67. The lowest BCUT2D eigenvalue weighted by Gasteiger charge is -2.18. The van der Waals surface area contributed by atoms with Gasteiger partial charge >= 0.3 is 12.6 Å². The van der Waals surface area contributed by atoms with E-state index in [4.69, 9.17) is 9.47 Å². The lowest BCUT2D eigenvalue weighted by Crippen LogP contribution is -2.15. The molecule has 0 aliphatic heterocycles. The number of carbonyl (C=O) groups excluding carboxylic acids is 1. The van der Waals surface area contributed by atoms with Gasteiger partial charge in [-0.2, -0.15) is 8.78 Å². The highest BCUT2D eigenvalue weighted by Gasteiger charge is 2.23. The number of halogens is 3. The first-order valence-corrected chi connectivity index (χ1v) is 8.48. The second kappa shape index (κ2) is 9.09. The molecule has 0 N–H and O–H groups in total. The Hall–Kier alpha value is -3.55. The largest absolute Gasteiger partial charge is 0.493 e. The minimum absolute atomic E-state index is 0.0354. The van der Waals surface area contributed by atoms with Gasteiger partial charge in [0.05, 0.1) is 18.4 Å². The van der Waals surface area contributed by atoms with Gasteiger partial charge in [-0.05, 0) is 42.5 Å². The molecule has 8 heteroatoms. The number of esters is 1. The zero-order valence-electron chi connectivity index (χ0n) is 15.2. The van der Waals surface area contributed by atoms with Crippen LogP contribution in [-0.4, -0.2) is 24.7 Å². The number of aromatic nitrogens is 1. The number of alkyl halides is 2. The number of hydrogen-bond donors (Lipinski definition) is 0. The molecule has 29 heavy (non-hydrogen) atoms. The van der Waals surface area contributed by atoms with Gasteiger partial charge in [0.15, 0.2) is 17.6 Å². The van der Waals surface area contributed by atoms with E-state index in [1.165, 1.54) is 43.6 Å². The molecule has 1 aromatic heterocycles. The molecule has 0 spiro atoms. The molecular weight excluding hydrogens is 387 g/mol. The Labute approximate surface area is 164 Å². The smallest absolute Gasteiger partial charge is 0.387 e. The molecule has 0 bridgehead atoms. The van der Waals surface area contributed by atoms with Gasteiger partial charge in [-0.15, -0.1) is 0 Å². The Bertz CT molecular complexity index is 983. The van der Waals surface area contributed by atoms with Crippen LogP contribution in [0.3, 0.4) is 0 Å². The van der Waals surface area contributed by atoms with Crippen LogP contribution in [0.2, 0.25) is 0 Å². The summed E-state index contributed by atoms with van der Waals surface area (Å²) in [6.45, 7) is -3.09. The number of rotatable bonds is 7. The van der Waals surface area contributed by atoms with Crippen LogP contribution in [0.15, 0.2) is 66.9 Å². The lowest BCUT2D eigenvalue weighted by atomic mass is 10.1. The summed E-state index contributed by atoms with van der Waals surface area (Å²) in [7, 11) is 1.28. The summed E-state index contributed by atoms with van der Waals surface area (Å²) >= 11 is 0. The maximum atomic E-state index is 13.7. The Balaban J connectivity index is 1.93. The van der Waals surface area contributed by atoms with Crippen LogP contribution in [0.4, 0.5) is 13.2 Å². The van der Waals surface area contributed by atoms with Gasteiger partial charge in [0.1, 0.15) is 5.82 Å². The molecule has 2 aromatic carbocycles. The quantitative estimate of drug-likeness (QED) is 0.532. The number of methoxy groups -OCH3 is 1. The molecule has 0 amide bonds.